The standard InChI is InChI=1S/C28H31F5O3/c1-25-15-22(17-4-2-3-16(13-17)10-12-34)24-20-8-6-19(35)14-18(20)5-7-21(24)23(25)9-11-26(25,36)27(29,30)28(31,32)33/h2-4,13-14,21-23,34,36H,5-12,15H2,1H3/t21?,22-,23?,25+,26+/m1/s1. The summed E-state index contributed by atoms with van der Waals surface area (Å²) in [4.78, 5) is 12.1. The molecule has 5 atom stereocenters. The molecule has 1 aromatic carbocycles. The van der Waals surface area contributed by atoms with Gasteiger partial charge >= 0.3 is 12.1 Å². The van der Waals surface area contributed by atoms with Gasteiger partial charge in [-0.2, -0.15) is 22.0 Å². The molecule has 0 aromatic heterocycles. The SMILES string of the molecule is C[C@]12C[C@H](c3cccc(CCO)c3)C3=C4CCC(=O)C=C4CCC3C1CC[C@@]2(O)C(F)(F)C(F)(F)F. The number of rotatable bonds is 4. The van der Waals surface area contributed by atoms with Gasteiger partial charge in [0.15, 0.2) is 5.78 Å². The van der Waals surface area contributed by atoms with E-state index >= 15 is 8.78 Å². The van der Waals surface area contributed by atoms with E-state index in [2.05, 4.69) is 0 Å². The smallest absolute Gasteiger partial charge is 0.396 e. The highest BCUT2D eigenvalue weighted by molar-refractivity contribution is 5.93. The van der Waals surface area contributed by atoms with Crippen molar-refractivity contribution in [3.8, 4) is 0 Å². The summed E-state index contributed by atoms with van der Waals surface area (Å²) in [5, 5.41) is 20.7. The van der Waals surface area contributed by atoms with Gasteiger partial charge in [0.25, 0.3) is 0 Å². The first-order valence-corrected chi connectivity index (χ1v) is 12.7. The quantitative estimate of drug-likeness (QED) is 0.485. The van der Waals surface area contributed by atoms with Crippen molar-refractivity contribution < 1.29 is 37.0 Å². The molecular weight excluding hydrogens is 479 g/mol. The molecule has 4 aliphatic rings. The predicted molar refractivity (Wildman–Crippen MR) is 123 cm³/mol. The second-order valence-corrected chi connectivity index (χ2v) is 11.2. The van der Waals surface area contributed by atoms with Gasteiger partial charge in [-0.25, -0.2) is 0 Å². The van der Waals surface area contributed by atoms with E-state index in [9.17, 15) is 28.2 Å². The second kappa shape index (κ2) is 8.48. The lowest BCUT2D eigenvalue weighted by molar-refractivity contribution is -0.362. The number of carbonyl (C=O) groups is 1. The van der Waals surface area contributed by atoms with E-state index in [1.807, 2.05) is 24.3 Å². The van der Waals surface area contributed by atoms with Crippen LogP contribution in [0.15, 0.2) is 47.1 Å². The van der Waals surface area contributed by atoms with Gasteiger partial charge < -0.3 is 10.2 Å². The molecule has 0 aliphatic heterocycles. The molecule has 2 fully saturated rings. The highest BCUT2D eigenvalue weighted by Crippen LogP contribution is 2.70. The number of hydrogen-bond donors (Lipinski definition) is 2. The zero-order valence-corrected chi connectivity index (χ0v) is 20.2. The van der Waals surface area contributed by atoms with E-state index in [1.165, 1.54) is 6.92 Å². The Morgan fingerprint density at radius 2 is 1.83 bits per heavy atom. The van der Waals surface area contributed by atoms with Crippen LogP contribution >= 0.6 is 0 Å². The van der Waals surface area contributed by atoms with Gasteiger partial charge in [-0.05, 0) is 85.1 Å². The Labute approximate surface area is 207 Å². The van der Waals surface area contributed by atoms with Gasteiger partial charge in [0.2, 0.25) is 0 Å². The number of benzene rings is 1. The van der Waals surface area contributed by atoms with E-state index in [0.717, 1.165) is 27.8 Å². The molecule has 4 aliphatic carbocycles. The van der Waals surface area contributed by atoms with Crippen LogP contribution in [0.5, 0.6) is 0 Å². The molecule has 36 heavy (non-hydrogen) atoms. The van der Waals surface area contributed by atoms with E-state index in [-0.39, 0.29) is 31.1 Å². The molecule has 0 amide bonds. The van der Waals surface area contributed by atoms with Crippen LogP contribution in [0.3, 0.4) is 0 Å². The highest BCUT2D eigenvalue weighted by Gasteiger charge is 2.79. The molecule has 5 rings (SSSR count). The molecule has 0 bridgehead atoms. The number of fused-ring (bicyclic) bond motifs is 4. The number of aliphatic hydroxyl groups is 2. The van der Waals surface area contributed by atoms with Crippen LogP contribution in [0.1, 0.15) is 68.9 Å². The molecule has 0 radical (unpaired) electrons. The monoisotopic (exact) mass is 510 g/mol. The molecule has 8 heteroatoms. The summed E-state index contributed by atoms with van der Waals surface area (Å²) >= 11 is 0. The lowest BCUT2D eigenvalue weighted by Crippen LogP contribution is -2.65. The summed E-state index contributed by atoms with van der Waals surface area (Å²) in [6.45, 7) is 1.35. The van der Waals surface area contributed by atoms with Gasteiger partial charge in [-0.15, -0.1) is 0 Å². The van der Waals surface area contributed by atoms with Crippen molar-refractivity contribution in [2.24, 2.45) is 17.3 Å². The van der Waals surface area contributed by atoms with Crippen molar-refractivity contribution >= 4 is 5.78 Å². The molecule has 0 saturated heterocycles. The number of carbonyl (C=O) groups excluding carboxylic acids is 1. The van der Waals surface area contributed by atoms with Crippen LogP contribution in [0.4, 0.5) is 22.0 Å². The maximum Gasteiger partial charge on any atom is 0.456 e. The third-order valence-corrected chi connectivity index (χ3v) is 9.52. The molecule has 1 aromatic rings. The van der Waals surface area contributed by atoms with E-state index in [4.69, 9.17) is 0 Å². The van der Waals surface area contributed by atoms with Gasteiger partial charge in [0.1, 0.15) is 5.60 Å². The number of ketones is 1. The fourth-order valence-electron chi connectivity index (χ4n) is 7.81. The number of aliphatic hydroxyl groups excluding tert-OH is 1. The molecule has 2 saturated carbocycles. The van der Waals surface area contributed by atoms with Crippen LogP contribution in [0.25, 0.3) is 0 Å². The molecule has 2 unspecified atom stereocenters. The average molecular weight is 511 g/mol. The average Bonchev–Trinajstić information content (AvgIpc) is 3.09. The molecular formula is C28H31F5O3. The van der Waals surface area contributed by atoms with Crippen LogP contribution in [0.2, 0.25) is 0 Å². The first-order chi connectivity index (χ1) is 16.8. The number of allylic oxidation sites excluding steroid dienone is 4. The number of hydrogen-bond acceptors (Lipinski definition) is 3. The van der Waals surface area contributed by atoms with Crippen molar-refractivity contribution in [1.82, 2.24) is 0 Å². The minimum Gasteiger partial charge on any atom is -0.396 e. The predicted octanol–water partition coefficient (Wildman–Crippen LogP) is 6.05. The Kier molecular flexibility index (Phi) is 6.03. The Balaban J connectivity index is 1.69. The minimum absolute atomic E-state index is 0.0427. The third-order valence-electron chi connectivity index (χ3n) is 9.52. The van der Waals surface area contributed by atoms with Gasteiger partial charge in [-0.3, -0.25) is 4.79 Å². The Morgan fingerprint density at radius 3 is 2.53 bits per heavy atom. The zero-order valence-electron chi connectivity index (χ0n) is 20.2. The van der Waals surface area contributed by atoms with E-state index < -0.39 is 41.4 Å². The summed E-state index contributed by atoms with van der Waals surface area (Å²) in [7, 11) is 0. The Hall–Kier alpha value is -2.06. The van der Waals surface area contributed by atoms with Gasteiger partial charge in [0, 0.05) is 24.4 Å². The van der Waals surface area contributed by atoms with Crippen LogP contribution < -0.4 is 0 Å². The van der Waals surface area contributed by atoms with E-state index in [0.29, 0.717) is 32.1 Å². The maximum atomic E-state index is 15.0. The van der Waals surface area contributed by atoms with Crippen molar-refractivity contribution in [3.63, 3.8) is 0 Å². The Bertz CT molecular complexity index is 1140. The summed E-state index contributed by atoms with van der Waals surface area (Å²) < 4.78 is 70.9. The van der Waals surface area contributed by atoms with Crippen LogP contribution in [-0.2, 0) is 11.2 Å². The Morgan fingerprint density at radius 1 is 1.08 bits per heavy atom. The normalized spacial score (nSPS) is 34.7. The zero-order chi connectivity index (χ0) is 26.1. The van der Waals surface area contributed by atoms with Crippen LogP contribution in [0, 0.1) is 17.3 Å². The minimum atomic E-state index is -5.86. The summed E-state index contributed by atoms with van der Waals surface area (Å²) in [6.07, 6.45) is -2.34. The lowest BCUT2D eigenvalue weighted by Gasteiger charge is -2.56. The third kappa shape index (κ3) is 3.54. The summed E-state index contributed by atoms with van der Waals surface area (Å²) in [6, 6.07) is 7.39. The lowest BCUT2D eigenvalue weighted by atomic mass is 9.50. The molecule has 0 spiro atoms. The fourth-order valence-corrected chi connectivity index (χ4v) is 7.81. The summed E-state index contributed by atoms with van der Waals surface area (Å²) in [5.41, 5.74) is -0.200. The second-order valence-electron chi connectivity index (χ2n) is 11.2. The highest BCUT2D eigenvalue weighted by atomic mass is 19.4. The van der Waals surface area contributed by atoms with Crippen molar-refractivity contribution in [1.29, 1.82) is 0 Å². The van der Waals surface area contributed by atoms with Crippen LogP contribution in [-0.4, -0.2) is 40.3 Å². The largest absolute Gasteiger partial charge is 0.456 e. The van der Waals surface area contributed by atoms with Crippen molar-refractivity contribution in [2.45, 2.75) is 81.9 Å². The molecule has 0 heterocycles. The first kappa shape index (κ1) is 25.6. The first-order valence-electron chi connectivity index (χ1n) is 12.7. The van der Waals surface area contributed by atoms with Crippen molar-refractivity contribution in [2.75, 3.05) is 6.61 Å². The molecule has 3 nitrogen and oxygen atoms in total. The van der Waals surface area contributed by atoms with Gasteiger partial charge in [0.05, 0.1) is 0 Å². The van der Waals surface area contributed by atoms with Crippen molar-refractivity contribution in [3.05, 3.63) is 58.2 Å². The topological polar surface area (TPSA) is 57.5 Å². The fraction of sp³-hybridized carbons (Fsp3) is 0.607. The summed E-state index contributed by atoms with van der Waals surface area (Å²) in [5.74, 6) is -6.41. The van der Waals surface area contributed by atoms with E-state index in [1.54, 1.807) is 6.08 Å². The maximum absolute atomic E-state index is 15.0. The number of halogens is 5. The molecule has 196 valence electrons. The molecule has 2 N–H and O–H groups in total. The number of alkyl halides is 5. The van der Waals surface area contributed by atoms with Gasteiger partial charge in [-0.1, -0.05) is 36.8 Å².